The van der Waals surface area contributed by atoms with Crippen molar-refractivity contribution in [3.8, 4) is 0 Å². The molecule has 114 valence electrons. The number of carbonyl (C=O) groups excluding carboxylic acids is 1. The van der Waals surface area contributed by atoms with E-state index in [0.717, 1.165) is 44.9 Å². The van der Waals surface area contributed by atoms with Gasteiger partial charge in [-0.1, -0.05) is 32.6 Å². The van der Waals surface area contributed by atoms with Crippen molar-refractivity contribution in [2.75, 3.05) is 0 Å². The first-order valence-corrected chi connectivity index (χ1v) is 8.13. The summed E-state index contributed by atoms with van der Waals surface area (Å²) in [5, 5.41) is 12.5. The molecule has 2 rings (SSSR count). The first kappa shape index (κ1) is 15.3. The molecule has 20 heavy (non-hydrogen) atoms. The lowest BCUT2D eigenvalue weighted by Gasteiger charge is -2.38. The maximum absolute atomic E-state index is 12.4. The molecule has 0 radical (unpaired) electrons. The van der Waals surface area contributed by atoms with E-state index in [9.17, 15) is 14.7 Å². The molecule has 0 bridgehead atoms. The molecule has 0 aromatic heterocycles. The quantitative estimate of drug-likeness (QED) is 0.832. The molecule has 2 fully saturated rings. The van der Waals surface area contributed by atoms with Gasteiger partial charge in [-0.2, -0.15) is 0 Å². The largest absolute Gasteiger partial charge is 0.480 e. The highest BCUT2D eigenvalue weighted by molar-refractivity contribution is 5.88. The number of nitrogens with one attached hydrogen (secondary N) is 1. The molecular weight excluding hydrogens is 254 g/mol. The number of aliphatic carboxylic acids is 1. The van der Waals surface area contributed by atoms with Crippen molar-refractivity contribution in [3.63, 3.8) is 0 Å². The van der Waals surface area contributed by atoms with Gasteiger partial charge in [-0.05, 0) is 44.4 Å². The van der Waals surface area contributed by atoms with E-state index in [1.165, 1.54) is 6.42 Å². The molecule has 0 unspecified atom stereocenters. The van der Waals surface area contributed by atoms with Crippen LogP contribution < -0.4 is 5.32 Å². The fourth-order valence-electron chi connectivity index (χ4n) is 3.67. The van der Waals surface area contributed by atoms with Crippen molar-refractivity contribution >= 4 is 11.9 Å². The van der Waals surface area contributed by atoms with Crippen molar-refractivity contribution in [2.24, 2.45) is 11.8 Å². The number of rotatable bonds is 4. The zero-order valence-electron chi connectivity index (χ0n) is 12.5. The second-order valence-electron chi connectivity index (χ2n) is 6.56. The lowest BCUT2D eigenvalue weighted by Crippen LogP contribution is -2.57. The second-order valence-corrected chi connectivity index (χ2v) is 6.56. The molecule has 2 aliphatic carbocycles. The first-order chi connectivity index (χ1) is 9.57. The predicted molar refractivity (Wildman–Crippen MR) is 77.3 cm³/mol. The summed E-state index contributed by atoms with van der Waals surface area (Å²) in [6, 6.07) is 0. The molecule has 0 saturated heterocycles. The summed E-state index contributed by atoms with van der Waals surface area (Å²) in [7, 11) is 0. The molecule has 0 aromatic carbocycles. The molecule has 4 heteroatoms. The van der Waals surface area contributed by atoms with Crippen molar-refractivity contribution in [3.05, 3.63) is 0 Å². The third-order valence-electron chi connectivity index (χ3n) is 5.28. The summed E-state index contributed by atoms with van der Waals surface area (Å²) in [6.07, 6.45) is 9.31. The van der Waals surface area contributed by atoms with Gasteiger partial charge in [0.15, 0.2) is 0 Å². The van der Waals surface area contributed by atoms with Gasteiger partial charge in [0.2, 0.25) is 5.91 Å². The highest BCUT2D eigenvalue weighted by Crippen LogP contribution is 2.35. The highest BCUT2D eigenvalue weighted by atomic mass is 16.4. The average Bonchev–Trinajstić information content (AvgIpc) is 2.48. The smallest absolute Gasteiger partial charge is 0.329 e. The Morgan fingerprint density at radius 1 is 1.10 bits per heavy atom. The van der Waals surface area contributed by atoms with Crippen molar-refractivity contribution < 1.29 is 14.7 Å². The van der Waals surface area contributed by atoms with Crippen LogP contribution in [0.15, 0.2) is 0 Å². The topological polar surface area (TPSA) is 66.4 Å². The van der Waals surface area contributed by atoms with E-state index in [1.807, 2.05) is 0 Å². The maximum Gasteiger partial charge on any atom is 0.329 e. The monoisotopic (exact) mass is 281 g/mol. The van der Waals surface area contributed by atoms with Crippen LogP contribution in [0, 0.1) is 11.8 Å². The van der Waals surface area contributed by atoms with Crippen LogP contribution in [0.25, 0.3) is 0 Å². The van der Waals surface area contributed by atoms with E-state index in [4.69, 9.17) is 0 Å². The van der Waals surface area contributed by atoms with E-state index in [-0.39, 0.29) is 11.8 Å². The Bertz CT molecular complexity index is 353. The van der Waals surface area contributed by atoms with Crippen LogP contribution in [0.1, 0.15) is 71.1 Å². The lowest BCUT2D eigenvalue weighted by atomic mass is 9.75. The molecule has 0 atom stereocenters. The first-order valence-electron chi connectivity index (χ1n) is 8.13. The van der Waals surface area contributed by atoms with Crippen molar-refractivity contribution in [1.82, 2.24) is 5.32 Å². The minimum Gasteiger partial charge on any atom is -0.480 e. The Morgan fingerprint density at radius 3 is 2.20 bits per heavy atom. The molecule has 1 amide bonds. The zero-order chi connectivity index (χ0) is 14.6. The Kier molecular flexibility index (Phi) is 5.06. The number of hydrogen-bond acceptors (Lipinski definition) is 2. The van der Waals surface area contributed by atoms with Crippen molar-refractivity contribution in [1.29, 1.82) is 0 Å². The van der Waals surface area contributed by atoms with Gasteiger partial charge in [0.25, 0.3) is 0 Å². The molecule has 0 heterocycles. The van der Waals surface area contributed by atoms with Crippen LogP contribution in [0.2, 0.25) is 0 Å². The number of amides is 1. The minimum absolute atomic E-state index is 0.0259. The Labute approximate surface area is 121 Å². The average molecular weight is 281 g/mol. The SMILES string of the molecule is CCC1CCC(NC(=O)C2CCCCC2)(C(=O)O)CC1. The molecule has 2 N–H and O–H groups in total. The molecule has 0 aliphatic heterocycles. The molecule has 0 spiro atoms. The van der Waals surface area contributed by atoms with Gasteiger partial charge in [0.1, 0.15) is 5.54 Å². The van der Waals surface area contributed by atoms with E-state index >= 15 is 0 Å². The fourth-order valence-corrected chi connectivity index (χ4v) is 3.67. The highest BCUT2D eigenvalue weighted by Gasteiger charge is 2.43. The minimum atomic E-state index is -1.000. The van der Waals surface area contributed by atoms with E-state index in [1.54, 1.807) is 0 Å². The number of carboxylic acids is 1. The van der Waals surface area contributed by atoms with Crippen LogP contribution in [0.3, 0.4) is 0 Å². The fraction of sp³-hybridized carbons (Fsp3) is 0.875. The summed E-state index contributed by atoms with van der Waals surface area (Å²) in [5.41, 5.74) is -1.000. The summed E-state index contributed by atoms with van der Waals surface area (Å²) in [6.45, 7) is 2.15. The van der Waals surface area contributed by atoms with Gasteiger partial charge in [0, 0.05) is 5.92 Å². The van der Waals surface area contributed by atoms with E-state index in [0.29, 0.717) is 18.8 Å². The lowest BCUT2D eigenvalue weighted by molar-refractivity contribution is -0.150. The number of carbonyl (C=O) groups is 2. The maximum atomic E-state index is 12.4. The molecule has 2 aliphatic rings. The summed E-state index contributed by atoms with van der Waals surface area (Å²) < 4.78 is 0. The van der Waals surface area contributed by atoms with Crippen LogP contribution in [0.4, 0.5) is 0 Å². The van der Waals surface area contributed by atoms with Gasteiger partial charge < -0.3 is 10.4 Å². The Balaban J connectivity index is 1.98. The molecular formula is C16H27NO3. The van der Waals surface area contributed by atoms with Crippen LogP contribution >= 0.6 is 0 Å². The van der Waals surface area contributed by atoms with Gasteiger partial charge >= 0.3 is 5.97 Å². The Morgan fingerprint density at radius 2 is 1.70 bits per heavy atom. The molecule has 2 saturated carbocycles. The molecule has 0 aromatic rings. The van der Waals surface area contributed by atoms with Crippen LogP contribution in [-0.4, -0.2) is 22.5 Å². The van der Waals surface area contributed by atoms with Crippen LogP contribution in [-0.2, 0) is 9.59 Å². The predicted octanol–water partition coefficient (Wildman–Crippen LogP) is 3.11. The summed E-state index contributed by atoms with van der Waals surface area (Å²) in [4.78, 5) is 24.0. The standard InChI is InChI=1S/C16H27NO3/c1-2-12-8-10-16(11-9-12,15(19)20)17-14(18)13-6-4-3-5-7-13/h12-13H,2-11H2,1H3,(H,17,18)(H,19,20). The second kappa shape index (κ2) is 6.59. The van der Waals surface area contributed by atoms with Crippen molar-refractivity contribution in [2.45, 2.75) is 76.7 Å². The third-order valence-corrected chi connectivity index (χ3v) is 5.28. The third kappa shape index (κ3) is 3.33. The summed E-state index contributed by atoms with van der Waals surface area (Å²) in [5.74, 6) is -0.226. The van der Waals surface area contributed by atoms with Gasteiger partial charge in [-0.15, -0.1) is 0 Å². The van der Waals surface area contributed by atoms with E-state index < -0.39 is 11.5 Å². The summed E-state index contributed by atoms with van der Waals surface area (Å²) >= 11 is 0. The van der Waals surface area contributed by atoms with Gasteiger partial charge in [-0.3, -0.25) is 4.79 Å². The zero-order valence-corrected chi connectivity index (χ0v) is 12.5. The normalized spacial score (nSPS) is 31.8. The number of carboxylic acid groups (broad SMARTS) is 1. The Hall–Kier alpha value is -1.06. The van der Waals surface area contributed by atoms with Crippen LogP contribution in [0.5, 0.6) is 0 Å². The number of hydrogen-bond donors (Lipinski definition) is 2. The van der Waals surface area contributed by atoms with Gasteiger partial charge in [-0.25, -0.2) is 4.79 Å². The molecule has 4 nitrogen and oxygen atoms in total. The van der Waals surface area contributed by atoms with Gasteiger partial charge in [0.05, 0.1) is 0 Å². The van der Waals surface area contributed by atoms with E-state index in [2.05, 4.69) is 12.2 Å².